The molecule has 5 rings (SSSR count). The zero-order valence-electron chi connectivity index (χ0n) is 20.2. The van der Waals surface area contributed by atoms with E-state index in [0.717, 1.165) is 47.0 Å². The molecule has 0 spiro atoms. The average molecular weight is 482 g/mol. The summed E-state index contributed by atoms with van der Waals surface area (Å²) in [5, 5.41) is 1.08. The van der Waals surface area contributed by atoms with Gasteiger partial charge in [0.1, 0.15) is 6.17 Å². The number of H-pyrrole nitrogens is 1. The molecule has 0 radical (unpaired) electrons. The highest BCUT2D eigenvalue weighted by atomic mass is 16.2. The van der Waals surface area contributed by atoms with Crippen molar-refractivity contribution in [2.75, 3.05) is 6.54 Å². The molecule has 4 aromatic rings. The number of likely N-dealkylation sites (tertiary alicyclic amines) is 1. The summed E-state index contributed by atoms with van der Waals surface area (Å²) in [5.74, 6) is -0.126. The van der Waals surface area contributed by atoms with Crippen LogP contribution in [0.3, 0.4) is 0 Å². The molecule has 7 nitrogen and oxygen atoms in total. The van der Waals surface area contributed by atoms with Gasteiger partial charge < -0.3 is 20.5 Å². The number of rotatable bonds is 9. The number of hydrogen-bond donors (Lipinski definition) is 2. The van der Waals surface area contributed by atoms with Crippen molar-refractivity contribution in [2.45, 2.75) is 43.9 Å². The second kappa shape index (κ2) is 10.7. The summed E-state index contributed by atoms with van der Waals surface area (Å²) >= 11 is 0. The van der Waals surface area contributed by atoms with Gasteiger partial charge in [0.2, 0.25) is 12.3 Å². The van der Waals surface area contributed by atoms with Crippen LogP contribution in [0.2, 0.25) is 0 Å². The van der Waals surface area contributed by atoms with Gasteiger partial charge in [0.05, 0.1) is 12.1 Å². The molecule has 2 aromatic heterocycles. The van der Waals surface area contributed by atoms with Gasteiger partial charge >= 0.3 is 0 Å². The lowest BCUT2D eigenvalue weighted by Gasteiger charge is -2.39. The monoisotopic (exact) mass is 481 g/mol. The molecule has 36 heavy (non-hydrogen) atoms. The molecule has 3 heterocycles. The quantitative estimate of drug-likeness (QED) is 0.355. The van der Waals surface area contributed by atoms with Crippen molar-refractivity contribution in [2.24, 2.45) is 5.73 Å². The minimum atomic E-state index is -0.690. The number of aromatic nitrogens is 2. The predicted molar refractivity (Wildman–Crippen MR) is 140 cm³/mol. The topological polar surface area (TPSA) is 95.3 Å². The molecule has 3 N–H and O–H groups in total. The van der Waals surface area contributed by atoms with E-state index >= 15 is 0 Å². The van der Waals surface area contributed by atoms with Crippen LogP contribution in [-0.2, 0) is 22.4 Å². The van der Waals surface area contributed by atoms with Crippen LogP contribution < -0.4 is 5.73 Å². The van der Waals surface area contributed by atoms with E-state index in [2.05, 4.69) is 9.97 Å². The first-order valence-corrected chi connectivity index (χ1v) is 12.4. The zero-order valence-corrected chi connectivity index (χ0v) is 20.2. The van der Waals surface area contributed by atoms with Gasteiger partial charge in [-0.25, -0.2) is 0 Å². The first kappa shape index (κ1) is 23.8. The average Bonchev–Trinajstić information content (AvgIpc) is 3.57. The lowest BCUT2D eigenvalue weighted by molar-refractivity contribution is -0.141. The molecule has 2 amide bonds. The molecule has 0 bridgehead atoms. The van der Waals surface area contributed by atoms with Gasteiger partial charge in [-0.2, -0.15) is 0 Å². The number of carbonyl (C=O) groups excluding carboxylic acids is 2. The minimum absolute atomic E-state index is 0.126. The van der Waals surface area contributed by atoms with Crippen LogP contribution in [0.5, 0.6) is 0 Å². The fraction of sp³-hybridized carbons (Fsp3) is 0.276. The van der Waals surface area contributed by atoms with E-state index in [-0.39, 0.29) is 18.1 Å². The number of nitrogens with zero attached hydrogens (tertiary/aromatic N) is 3. The number of nitrogens with one attached hydrogen (secondary N) is 1. The summed E-state index contributed by atoms with van der Waals surface area (Å²) < 4.78 is 0. The maximum Gasteiger partial charge on any atom is 0.241 e. The third-order valence-corrected chi connectivity index (χ3v) is 7.07. The van der Waals surface area contributed by atoms with Gasteiger partial charge in [0.25, 0.3) is 0 Å². The predicted octanol–water partition coefficient (Wildman–Crippen LogP) is 3.82. The van der Waals surface area contributed by atoms with E-state index < -0.39 is 6.04 Å². The second-order valence-corrected chi connectivity index (χ2v) is 9.33. The van der Waals surface area contributed by atoms with E-state index in [1.54, 1.807) is 16.0 Å². The van der Waals surface area contributed by atoms with Crippen molar-refractivity contribution in [3.63, 3.8) is 0 Å². The Hall–Kier alpha value is -3.97. The highest BCUT2D eigenvalue weighted by Gasteiger charge is 2.38. The molecule has 1 saturated heterocycles. The lowest BCUT2D eigenvalue weighted by atomic mass is 9.99. The Morgan fingerprint density at radius 3 is 2.64 bits per heavy atom. The van der Waals surface area contributed by atoms with Crippen LogP contribution in [0.25, 0.3) is 10.9 Å². The molecular weight excluding hydrogens is 450 g/mol. The first-order valence-electron chi connectivity index (χ1n) is 12.4. The molecule has 1 aliphatic heterocycles. The summed E-state index contributed by atoms with van der Waals surface area (Å²) in [7, 11) is 0. The number of nitrogens with two attached hydrogens (primary N) is 1. The number of pyridine rings is 1. The van der Waals surface area contributed by atoms with E-state index in [0.29, 0.717) is 19.4 Å². The maximum atomic E-state index is 13.6. The van der Waals surface area contributed by atoms with Gasteiger partial charge in [0.15, 0.2) is 0 Å². The minimum Gasteiger partial charge on any atom is -0.361 e. The number of para-hydroxylation sites is 1. The zero-order chi connectivity index (χ0) is 24.9. The lowest BCUT2D eigenvalue weighted by Crippen LogP contribution is -2.53. The van der Waals surface area contributed by atoms with Gasteiger partial charge in [-0.05, 0) is 48.6 Å². The van der Waals surface area contributed by atoms with Crippen molar-refractivity contribution in [1.29, 1.82) is 0 Å². The Balaban J connectivity index is 1.38. The van der Waals surface area contributed by atoms with Crippen LogP contribution in [0, 0.1) is 0 Å². The second-order valence-electron chi connectivity index (χ2n) is 9.33. The van der Waals surface area contributed by atoms with E-state index in [1.807, 2.05) is 79.0 Å². The van der Waals surface area contributed by atoms with Crippen LogP contribution in [0.1, 0.15) is 35.7 Å². The molecule has 0 saturated carbocycles. The number of benzene rings is 2. The largest absolute Gasteiger partial charge is 0.361 e. The summed E-state index contributed by atoms with van der Waals surface area (Å²) in [4.78, 5) is 37.5. The molecule has 7 heteroatoms. The summed E-state index contributed by atoms with van der Waals surface area (Å²) in [5.41, 5.74) is 10.4. The van der Waals surface area contributed by atoms with Gasteiger partial charge in [-0.1, -0.05) is 54.6 Å². The molecule has 184 valence electrons. The maximum absolute atomic E-state index is 13.6. The number of amides is 2. The summed E-state index contributed by atoms with van der Waals surface area (Å²) in [6, 6.07) is 22.8. The van der Waals surface area contributed by atoms with Crippen LogP contribution in [-0.4, -0.2) is 50.8 Å². The van der Waals surface area contributed by atoms with Gasteiger partial charge in [0, 0.05) is 42.0 Å². The van der Waals surface area contributed by atoms with Gasteiger partial charge in [-0.15, -0.1) is 0 Å². The Kier molecular flexibility index (Phi) is 7.09. The third kappa shape index (κ3) is 4.88. The standard InChI is InChI=1S/C29H31N5O2/c30-25(17-22-19-32-26-13-5-4-12-24(22)26)29(36)33-16-8-14-28(33)34(20-35)27(21-9-2-1-3-10-21)18-23-11-6-7-15-31-23/h1-7,9-13,15,19-20,25,27-28,32H,8,14,16-18,30H2/t25-,27-,28+/m0/s1. The van der Waals surface area contributed by atoms with E-state index in [9.17, 15) is 9.59 Å². The van der Waals surface area contributed by atoms with Crippen molar-refractivity contribution in [3.8, 4) is 0 Å². The Morgan fingerprint density at radius 1 is 1.08 bits per heavy atom. The Morgan fingerprint density at radius 2 is 1.86 bits per heavy atom. The number of aromatic amines is 1. The Labute approximate surface area is 210 Å². The van der Waals surface area contributed by atoms with Crippen LogP contribution >= 0.6 is 0 Å². The number of hydrogen-bond acceptors (Lipinski definition) is 4. The molecule has 1 fully saturated rings. The van der Waals surface area contributed by atoms with Crippen LogP contribution in [0.15, 0.2) is 85.2 Å². The number of carbonyl (C=O) groups is 2. The SMILES string of the molecule is N[C@@H](Cc1c[nH]c2ccccc12)C(=O)N1CCC[C@H]1N(C=O)[C@@H](Cc1ccccn1)c1ccccc1. The van der Waals surface area contributed by atoms with Crippen LogP contribution in [0.4, 0.5) is 0 Å². The van der Waals surface area contributed by atoms with E-state index in [4.69, 9.17) is 5.73 Å². The molecule has 0 unspecified atom stereocenters. The van der Waals surface area contributed by atoms with Gasteiger partial charge in [-0.3, -0.25) is 14.6 Å². The third-order valence-electron chi connectivity index (χ3n) is 7.07. The summed E-state index contributed by atoms with van der Waals surface area (Å²) in [6.45, 7) is 0.584. The highest BCUT2D eigenvalue weighted by Crippen LogP contribution is 2.31. The summed E-state index contributed by atoms with van der Waals surface area (Å²) in [6.07, 6.45) is 6.75. The van der Waals surface area contributed by atoms with Crippen molar-refractivity contribution in [3.05, 3.63) is 102 Å². The highest BCUT2D eigenvalue weighted by molar-refractivity contribution is 5.86. The van der Waals surface area contributed by atoms with Crippen molar-refractivity contribution in [1.82, 2.24) is 19.8 Å². The first-order chi connectivity index (χ1) is 17.7. The van der Waals surface area contributed by atoms with Crippen molar-refractivity contribution < 1.29 is 9.59 Å². The smallest absolute Gasteiger partial charge is 0.241 e. The fourth-order valence-electron chi connectivity index (χ4n) is 5.29. The number of fused-ring (bicyclic) bond motifs is 1. The molecular formula is C29H31N5O2. The molecule has 2 aromatic carbocycles. The fourth-order valence-corrected chi connectivity index (χ4v) is 5.29. The van der Waals surface area contributed by atoms with E-state index in [1.165, 1.54) is 0 Å². The normalized spacial score (nSPS) is 17.1. The molecule has 0 aliphatic carbocycles. The molecule has 1 aliphatic rings. The Bertz CT molecular complexity index is 1310. The van der Waals surface area contributed by atoms with Crippen molar-refractivity contribution >= 4 is 23.2 Å². The molecule has 3 atom stereocenters.